The molecule has 7 aromatic rings. The molecule has 2 aromatic heterocycles. The second-order valence-electron chi connectivity index (χ2n) is 12.3. The molecule has 0 spiro atoms. The van der Waals surface area contributed by atoms with Crippen LogP contribution in [-0.2, 0) is 12.8 Å². The summed E-state index contributed by atoms with van der Waals surface area (Å²) < 4.78 is 4.35. The van der Waals surface area contributed by atoms with Crippen LogP contribution in [0.4, 0.5) is 0 Å². The zero-order valence-corrected chi connectivity index (χ0v) is 26.2. The molecule has 5 aromatic carbocycles. The van der Waals surface area contributed by atoms with Crippen molar-refractivity contribution in [3.05, 3.63) is 139 Å². The zero-order chi connectivity index (χ0) is 30.9. The first-order valence-corrected chi connectivity index (χ1v) is 15.5. The minimum atomic E-state index is -0.0259. The van der Waals surface area contributed by atoms with Gasteiger partial charge in [-0.15, -0.1) is 0 Å². The van der Waals surface area contributed by atoms with Gasteiger partial charge in [0, 0.05) is 32.9 Å². The van der Waals surface area contributed by atoms with Gasteiger partial charge in [-0.05, 0) is 135 Å². The number of fused-ring (bicyclic) bond motifs is 4. The summed E-state index contributed by atoms with van der Waals surface area (Å²) in [6.45, 7) is 12.6. The Labute approximate surface area is 256 Å². The van der Waals surface area contributed by atoms with Crippen molar-refractivity contribution < 1.29 is 0 Å². The molecule has 0 N–H and O–H groups in total. The van der Waals surface area contributed by atoms with Gasteiger partial charge >= 0.3 is 0 Å². The van der Waals surface area contributed by atoms with Crippen molar-refractivity contribution in [1.29, 1.82) is 0 Å². The maximum absolute atomic E-state index is 14.4. The summed E-state index contributed by atoms with van der Waals surface area (Å²) >= 11 is 0. The standard InChI is InChI=1S/C40H36N2O2/c1-7-27-9-11-31-35(19-27)41(29-15-23(3)13-24(4)16-29)37-21-34-38(22-33(37)39(31)43)42(30-17-25(5)14-26(6)18-30)36-20-28(8-2)10-12-32(36)40(34)44/h9-22H,7-8H2,1-6H3. The van der Waals surface area contributed by atoms with E-state index in [2.05, 4.69) is 99.2 Å². The van der Waals surface area contributed by atoms with E-state index in [1.54, 1.807) is 0 Å². The molecule has 0 fully saturated rings. The predicted molar refractivity (Wildman–Crippen MR) is 185 cm³/mol. The molecule has 0 aliphatic heterocycles. The van der Waals surface area contributed by atoms with Crippen LogP contribution >= 0.6 is 0 Å². The second kappa shape index (κ2) is 10.3. The highest BCUT2D eigenvalue weighted by Crippen LogP contribution is 2.32. The van der Waals surface area contributed by atoms with Crippen LogP contribution in [0.15, 0.2) is 94.5 Å². The van der Waals surface area contributed by atoms with Crippen molar-refractivity contribution in [1.82, 2.24) is 9.13 Å². The highest BCUT2D eigenvalue weighted by molar-refractivity contribution is 6.05. The third-order valence-electron chi connectivity index (χ3n) is 8.93. The van der Waals surface area contributed by atoms with Crippen LogP contribution in [0.5, 0.6) is 0 Å². The average Bonchev–Trinajstić information content (AvgIpc) is 2.99. The average molecular weight is 577 g/mol. The third kappa shape index (κ3) is 4.36. The Morgan fingerprint density at radius 1 is 0.432 bits per heavy atom. The van der Waals surface area contributed by atoms with E-state index in [-0.39, 0.29) is 10.9 Å². The van der Waals surface area contributed by atoms with Crippen LogP contribution in [0.2, 0.25) is 0 Å². The third-order valence-corrected chi connectivity index (χ3v) is 8.93. The number of aromatic nitrogens is 2. The monoisotopic (exact) mass is 576 g/mol. The lowest BCUT2D eigenvalue weighted by molar-refractivity contribution is 1.11. The number of hydrogen-bond acceptors (Lipinski definition) is 2. The van der Waals surface area contributed by atoms with Gasteiger partial charge in [0.05, 0.1) is 22.1 Å². The van der Waals surface area contributed by atoms with Crippen molar-refractivity contribution in [2.24, 2.45) is 0 Å². The molecule has 0 amide bonds. The number of pyridine rings is 2. The summed E-state index contributed by atoms with van der Waals surface area (Å²) in [6, 6.07) is 29.1. The van der Waals surface area contributed by atoms with Gasteiger partial charge in [-0.25, -0.2) is 0 Å². The topological polar surface area (TPSA) is 44.0 Å². The minimum absolute atomic E-state index is 0.0259. The lowest BCUT2D eigenvalue weighted by Crippen LogP contribution is -2.15. The first kappa shape index (κ1) is 27.8. The largest absolute Gasteiger partial charge is 0.309 e. The fourth-order valence-electron chi connectivity index (χ4n) is 6.92. The van der Waals surface area contributed by atoms with E-state index in [1.807, 2.05) is 36.4 Å². The summed E-state index contributed by atoms with van der Waals surface area (Å²) in [5.74, 6) is 0. The molecule has 0 bridgehead atoms. The van der Waals surface area contributed by atoms with E-state index in [1.165, 1.54) is 0 Å². The van der Waals surface area contributed by atoms with Crippen LogP contribution in [0.1, 0.15) is 47.2 Å². The Kier molecular flexibility index (Phi) is 6.55. The lowest BCUT2D eigenvalue weighted by atomic mass is 10.0. The van der Waals surface area contributed by atoms with Gasteiger partial charge in [0.1, 0.15) is 0 Å². The highest BCUT2D eigenvalue weighted by atomic mass is 16.1. The zero-order valence-electron chi connectivity index (χ0n) is 26.2. The van der Waals surface area contributed by atoms with Gasteiger partial charge in [-0.3, -0.25) is 9.59 Å². The van der Waals surface area contributed by atoms with E-state index < -0.39 is 0 Å². The second-order valence-corrected chi connectivity index (χ2v) is 12.3. The van der Waals surface area contributed by atoms with Gasteiger partial charge in [0.15, 0.2) is 10.9 Å². The number of aryl methyl sites for hydroxylation is 6. The molecule has 7 rings (SSSR count). The highest BCUT2D eigenvalue weighted by Gasteiger charge is 2.19. The fraction of sp³-hybridized carbons (Fsp3) is 0.200. The summed E-state index contributed by atoms with van der Waals surface area (Å²) in [7, 11) is 0. The molecule has 4 nitrogen and oxygen atoms in total. The SMILES string of the molecule is CCc1ccc2c(=O)c3cc4c(cc3n(-c3cc(C)cc(C)c3)c2c1)c(=O)c1ccc(CC)cc1n4-c1cc(C)cc(C)c1. The summed E-state index contributed by atoms with van der Waals surface area (Å²) in [5, 5.41) is 2.53. The Bertz CT molecular complexity index is 2230. The van der Waals surface area contributed by atoms with E-state index in [9.17, 15) is 9.59 Å². The van der Waals surface area contributed by atoms with Crippen LogP contribution in [0.25, 0.3) is 55.0 Å². The molecule has 0 aliphatic rings. The number of hydrogen-bond donors (Lipinski definition) is 0. The van der Waals surface area contributed by atoms with Crippen molar-refractivity contribution in [2.75, 3.05) is 0 Å². The summed E-state index contributed by atoms with van der Waals surface area (Å²) in [4.78, 5) is 28.7. The molecule has 0 saturated heterocycles. The molecule has 44 heavy (non-hydrogen) atoms. The predicted octanol–water partition coefficient (Wildman–Crippen LogP) is 8.96. The van der Waals surface area contributed by atoms with Crippen molar-refractivity contribution >= 4 is 43.6 Å². The molecule has 4 heteroatoms. The Hall–Kier alpha value is -4.96. The molecular weight excluding hydrogens is 540 g/mol. The Balaban J connectivity index is 1.75. The van der Waals surface area contributed by atoms with Crippen molar-refractivity contribution in [3.63, 3.8) is 0 Å². The number of rotatable bonds is 4. The van der Waals surface area contributed by atoms with Gasteiger partial charge in [-0.2, -0.15) is 0 Å². The molecule has 0 unspecified atom stereocenters. The van der Waals surface area contributed by atoms with E-state index >= 15 is 0 Å². The van der Waals surface area contributed by atoms with Gasteiger partial charge in [0.2, 0.25) is 0 Å². The van der Waals surface area contributed by atoms with Crippen LogP contribution in [0.3, 0.4) is 0 Å². The number of nitrogens with zero attached hydrogens (tertiary/aromatic N) is 2. The van der Waals surface area contributed by atoms with Crippen LogP contribution < -0.4 is 10.9 Å². The molecule has 0 saturated carbocycles. The molecule has 0 aliphatic carbocycles. The quantitative estimate of drug-likeness (QED) is 0.196. The van der Waals surface area contributed by atoms with Crippen LogP contribution in [-0.4, -0.2) is 9.13 Å². The molecule has 0 atom stereocenters. The Morgan fingerprint density at radius 2 is 0.773 bits per heavy atom. The maximum atomic E-state index is 14.4. The van der Waals surface area contributed by atoms with Gasteiger partial charge < -0.3 is 9.13 Å². The molecule has 218 valence electrons. The van der Waals surface area contributed by atoms with E-state index in [4.69, 9.17) is 0 Å². The van der Waals surface area contributed by atoms with Crippen molar-refractivity contribution in [3.8, 4) is 11.4 Å². The van der Waals surface area contributed by atoms with Gasteiger partial charge in [0.25, 0.3) is 0 Å². The van der Waals surface area contributed by atoms with E-state index in [0.29, 0.717) is 21.5 Å². The molecule has 0 radical (unpaired) electrons. The summed E-state index contributed by atoms with van der Waals surface area (Å²) in [5.41, 5.74) is 12.0. The number of benzene rings is 5. The maximum Gasteiger partial charge on any atom is 0.197 e. The molecule has 2 heterocycles. The summed E-state index contributed by atoms with van der Waals surface area (Å²) in [6.07, 6.45) is 1.72. The normalized spacial score (nSPS) is 11.8. The van der Waals surface area contributed by atoms with Crippen molar-refractivity contribution in [2.45, 2.75) is 54.4 Å². The van der Waals surface area contributed by atoms with Gasteiger partial charge in [-0.1, -0.05) is 38.1 Å². The first-order valence-electron chi connectivity index (χ1n) is 15.5. The smallest absolute Gasteiger partial charge is 0.197 e. The first-order chi connectivity index (χ1) is 21.2. The Morgan fingerprint density at radius 3 is 1.11 bits per heavy atom. The molecular formula is C40H36N2O2. The van der Waals surface area contributed by atoms with E-state index in [0.717, 1.165) is 79.7 Å². The fourth-order valence-corrected chi connectivity index (χ4v) is 6.92. The minimum Gasteiger partial charge on any atom is -0.309 e. The lowest BCUT2D eigenvalue weighted by Gasteiger charge is -2.20. The van der Waals surface area contributed by atoms with Crippen LogP contribution in [0, 0.1) is 27.7 Å².